The summed E-state index contributed by atoms with van der Waals surface area (Å²) in [5.74, 6) is -0.0428. The van der Waals surface area contributed by atoms with Crippen LogP contribution in [0, 0.1) is 0 Å². The van der Waals surface area contributed by atoms with Gasteiger partial charge in [-0.2, -0.15) is 0 Å². The summed E-state index contributed by atoms with van der Waals surface area (Å²) in [7, 11) is 0. The highest BCUT2D eigenvalue weighted by atomic mass is 79.9. The Hall–Kier alpha value is 1.33. The van der Waals surface area contributed by atoms with Crippen LogP contribution in [0.2, 0.25) is 0 Å². The first-order valence-corrected chi connectivity index (χ1v) is 5.30. The summed E-state index contributed by atoms with van der Waals surface area (Å²) >= 11 is 12.2. The molecule has 0 amide bonds. The number of hydrogen-bond acceptors (Lipinski definition) is 1. The number of alkyl halides is 2. The molecule has 0 aromatic carbocycles. The molecule has 0 bridgehead atoms. The fourth-order valence-electron chi connectivity index (χ4n) is 0.171. The van der Waals surface area contributed by atoms with E-state index in [0.717, 1.165) is 0 Å². The molecule has 0 fully saturated rings. The van der Waals surface area contributed by atoms with Crippen LogP contribution in [0.3, 0.4) is 0 Å². The Morgan fingerprint density at radius 2 is 1.78 bits per heavy atom. The van der Waals surface area contributed by atoms with E-state index >= 15 is 0 Å². The average Bonchev–Trinajstić information content (AvgIpc) is 1.63. The molecule has 0 atom stereocenters. The van der Waals surface area contributed by atoms with Gasteiger partial charge in [-0.05, 0) is 31.9 Å². The summed E-state index contributed by atoms with van der Waals surface area (Å²) in [6.45, 7) is 0. The second-order valence-corrected chi connectivity index (χ2v) is 6.97. The van der Waals surface area contributed by atoms with E-state index in [4.69, 9.17) is 0 Å². The van der Waals surface area contributed by atoms with Gasteiger partial charge < -0.3 is 0 Å². The first-order chi connectivity index (χ1) is 4.04. The zero-order chi connectivity index (χ0) is 7.44. The van der Waals surface area contributed by atoms with Crippen molar-refractivity contribution in [3.63, 3.8) is 0 Å². The molecule has 0 aliphatic rings. The Bertz CT molecular complexity index is 136. The standard InChI is InChI=1S/C4H2Br4O/c5-3(6)1-2(9)4(7)8/h1,4H. The van der Waals surface area contributed by atoms with Gasteiger partial charge in [-0.15, -0.1) is 0 Å². The Balaban J connectivity index is 3.93. The van der Waals surface area contributed by atoms with Gasteiger partial charge in [-0.3, -0.25) is 4.79 Å². The van der Waals surface area contributed by atoms with Crippen molar-refractivity contribution in [3.05, 3.63) is 9.47 Å². The van der Waals surface area contributed by atoms with Crippen LogP contribution in [-0.2, 0) is 4.79 Å². The number of carbonyl (C=O) groups is 1. The number of ketones is 1. The molecule has 0 aromatic rings. The monoisotopic (exact) mass is 382 g/mol. The van der Waals surface area contributed by atoms with E-state index in [2.05, 4.69) is 63.7 Å². The minimum atomic E-state index is -0.296. The molecule has 1 nitrogen and oxygen atoms in total. The van der Waals surface area contributed by atoms with Crippen molar-refractivity contribution >= 4 is 69.5 Å². The van der Waals surface area contributed by atoms with E-state index in [0.29, 0.717) is 3.39 Å². The zero-order valence-corrected chi connectivity index (χ0v) is 10.4. The maximum Gasteiger partial charge on any atom is 0.181 e. The van der Waals surface area contributed by atoms with Crippen LogP contribution in [0.15, 0.2) is 9.47 Å². The van der Waals surface area contributed by atoms with Crippen molar-refractivity contribution < 1.29 is 4.79 Å². The molecular weight excluding hydrogens is 384 g/mol. The normalized spacial score (nSPS) is 9.44. The summed E-state index contributed by atoms with van der Waals surface area (Å²) in [6, 6.07) is 0. The van der Waals surface area contributed by atoms with Crippen LogP contribution < -0.4 is 0 Å². The number of carbonyl (C=O) groups excluding carboxylic acids is 1. The van der Waals surface area contributed by atoms with Gasteiger partial charge in [-0.25, -0.2) is 0 Å². The molecule has 0 aromatic heterocycles. The second-order valence-electron chi connectivity index (χ2n) is 1.14. The summed E-state index contributed by atoms with van der Waals surface area (Å²) in [5, 5.41) is 0. The third kappa shape index (κ3) is 5.76. The molecule has 0 rings (SSSR count). The van der Waals surface area contributed by atoms with Crippen molar-refractivity contribution in [2.75, 3.05) is 0 Å². The number of allylic oxidation sites excluding steroid dienone is 1. The summed E-state index contributed by atoms with van der Waals surface area (Å²) in [4.78, 5) is 10.7. The maximum absolute atomic E-state index is 10.7. The maximum atomic E-state index is 10.7. The van der Waals surface area contributed by atoms with E-state index < -0.39 is 0 Å². The first-order valence-electron chi connectivity index (χ1n) is 1.88. The van der Waals surface area contributed by atoms with Crippen molar-refractivity contribution in [2.45, 2.75) is 3.74 Å². The zero-order valence-electron chi connectivity index (χ0n) is 4.07. The Morgan fingerprint density at radius 3 is 1.89 bits per heavy atom. The fourth-order valence-corrected chi connectivity index (χ4v) is 0.886. The van der Waals surface area contributed by atoms with Crippen LogP contribution in [0.1, 0.15) is 0 Å². The van der Waals surface area contributed by atoms with E-state index in [-0.39, 0.29) is 9.52 Å². The van der Waals surface area contributed by atoms with Gasteiger partial charge in [0.15, 0.2) is 5.78 Å². The summed E-state index contributed by atoms with van der Waals surface area (Å²) in [6.07, 6.45) is 1.42. The van der Waals surface area contributed by atoms with Gasteiger partial charge in [0.1, 0.15) is 3.74 Å². The number of halogens is 4. The second kappa shape index (κ2) is 5.04. The van der Waals surface area contributed by atoms with Crippen LogP contribution >= 0.6 is 63.7 Å². The molecule has 0 saturated carbocycles. The van der Waals surface area contributed by atoms with Gasteiger partial charge in [-0.1, -0.05) is 31.9 Å². The quantitative estimate of drug-likeness (QED) is 0.526. The largest absolute Gasteiger partial charge is 0.293 e. The lowest BCUT2D eigenvalue weighted by Crippen LogP contribution is -2.01. The average molecular weight is 386 g/mol. The fraction of sp³-hybridized carbons (Fsp3) is 0.250. The highest BCUT2D eigenvalue weighted by Gasteiger charge is 2.06. The lowest BCUT2D eigenvalue weighted by molar-refractivity contribution is -0.112. The summed E-state index contributed by atoms with van der Waals surface area (Å²) < 4.78 is 0.346. The summed E-state index contributed by atoms with van der Waals surface area (Å²) in [5.41, 5.74) is 0. The van der Waals surface area contributed by atoms with E-state index in [9.17, 15) is 4.79 Å². The SMILES string of the molecule is O=C(C=C(Br)Br)C(Br)Br. The number of rotatable bonds is 2. The number of hydrogen-bond donors (Lipinski definition) is 0. The molecule has 0 radical (unpaired) electrons. The van der Waals surface area contributed by atoms with Crippen LogP contribution in [0.5, 0.6) is 0 Å². The van der Waals surface area contributed by atoms with Crippen LogP contribution in [0.25, 0.3) is 0 Å². The van der Waals surface area contributed by atoms with Gasteiger partial charge >= 0.3 is 0 Å². The molecule has 0 aliphatic carbocycles. The molecule has 0 N–H and O–H groups in total. The minimum absolute atomic E-state index is 0.0428. The van der Waals surface area contributed by atoms with Gasteiger partial charge in [0.25, 0.3) is 0 Å². The van der Waals surface area contributed by atoms with Crippen molar-refractivity contribution in [1.29, 1.82) is 0 Å². The van der Waals surface area contributed by atoms with Crippen molar-refractivity contribution in [1.82, 2.24) is 0 Å². The van der Waals surface area contributed by atoms with Gasteiger partial charge in [0.2, 0.25) is 0 Å². The molecule has 0 saturated heterocycles. The predicted molar refractivity (Wildman–Crippen MR) is 52.6 cm³/mol. The Kier molecular flexibility index (Phi) is 5.79. The highest BCUT2D eigenvalue weighted by Crippen LogP contribution is 2.16. The van der Waals surface area contributed by atoms with Crippen molar-refractivity contribution in [3.8, 4) is 0 Å². The Morgan fingerprint density at radius 1 is 1.33 bits per heavy atom. The van der Waals surface area contributed by atoms with Gasteiger partial charge in [0.05, 0.1) is 3.39 Å². The van der Waals surface area contributed by atoms with E-state index in [1.165, 1.54) is 6.08 Å². The van der Waals surface area contributed by atoms with Gasteiger partial charge in [0, 0.05) is 6.08 Å². The highest BCUT2D eigenvalue weighted by molar-refractivity contribution is 9.28. The topological polar surface area (TPSA) is 17.1 Å². The molecular formula is C4H2Br4O. The molecule has 5 heteroatoms. The third-order valence-corrected chi connectivity index (χ3v) is 1.83. The molecule has 52 valence electrons. The molecule has 0 spiro atoms. The molecule has 0 aliphatic heterocycles. The lowest BCUT2D eigenvalue weighted by atomic mass is 10.5. The van der Waals surface area contributed by atoms with Crippen LogP contribution in [0.4, 0.5) is 0 Å². The first kappa shape index (κ1) is 10.3. The Labute approximate surface area is 86.8 Å². The molecule has 0 heterocycles. The van der Waals surface area contributed by atoms with Crippen LogP contribution in [-0.4, -0.2) is 9.52 Å². The van der Waals surface area contributed by atoms with E-state index in [1.54, 1.807) is 0 Å². The molecule has 9 heavy (non-hydrogen) atoms. The molecule has 0 unspecified atom stereocenters. The lowest BCUT2D eigenvalue weighted by Gasteiger charge is -1.91. The smallest absolute Gasteiger partial charge is 0.181 e. The van der Waals surface area contributed by atoms with Crippen molar-refractivity contribution in [2.24, 2.45) is 0 Å². The third-order valence-electron chi connectivity index (χ3n) is 0.466. The minimum Gasteiger partial charge on any atom is -0.293 e. The predicted octanol–water partition coefficient (Wildman–Crippen LogP) is 3.30. The van der Waals surface area contributed by atoms with E-state index in [1.807, 2.05) is 0 Å².